The van der Waals surface area contributed by atoms with Crippen LogP contribution in [0.1, 0.15) is 0 Å². The van der Waals surface area contributed by atoms with Crippen LogP contribution in [0.15, 0.2) is 279 Å². The van der Waals surface area contributed by atoms with Crippen molar-refractivity contribution in [3.63, 3.8) is 0 Å². The van der Waals surface area contributed by atoms with E-state index in [1.165, 1.54) is 109 Å². The van der Waals surface area contributed by atoms with E-state index in [0.29, 0.717) is 0 Å². The van der Waals surface area contributed by atoms with E-state index in [9.17, 15) is 0 Å². The zero-order chi connectivity index (χ0) is 56.7. The topological polar surface area (TPSA) is 24.9 Å². The second-order valence-electron chi connectivity index (χ2n) is 22.9. The lowest BCUT2D eigenvalue weighted by atomic mass is 9.83. The number of fused-ring (bicyclic) bond motifs is 12. The summed E-state index contributed by atoms with van der Waals surface area (Å²) in [5.41, 5.74) is 19.0. The van der Waals surface area contributed by atoms with Gasteiger partial charge >= 0.3 is 0 Å². The van der Waals surface area contributed by atoms with Crippen molar-refractivity contribution in [1.29, 1.82) is 0 Å². The highest BCUT2D eigenvalue weighted by molar-refractivity contribution is 6.34. The zero-order valence-corrected chi connectivity index (χ0v) is 47.3. The fourth-order valence-corrected chi connectivity index (χ4v) is 14.9. The third-order valence-electron chi connectivity index (χ3n) is 18.6. The number of anilines is 6. The van der Waals surface area contributed by atoms with Gasteiger partial charge in [-0.05, 0) is 194 Å². The molecule has 0 atom stereocenters. The molecular weight excluding hydrogens is 1040 g/mol. The van der Waals surface area contributed by atoms with Crippen molar-refractivity contribution in [2.24, 2.45) is 0 Å². The summed E-state index contributed by atoms with van der Waals surface area (Å²) in [6, 6.07) is 104. The van der Waals surface area contributed by atoms with E-state index in [0.717, 1.165) is 77.9 Å². The van der Waals surface area contributed by atoms with E-state index in [4.69, 9.17) is 9.47 Å². The predicted octanol–water partition coefficient (Wildman–Crippen LogP) is 22.8. The van der Waals surface area contributed by atoms with Gasteiger partial charge in [0.05, 0.1) is 37.0 Å². The predicted molar refractivity (Wildman–Crippen MR) is 363 cm³/mol. The second-order valence-corrected chi connectivity index (χ2v) is 22.9. The van der Waals surface area contributed by atoms with Crippen molar-refractivity contribution in [3.8, 4) is 67.1 Å². The van der Waals surface area contributed by atoms with Crippen LogP contribution in [-0.2, 0) is 0 Å². The Kier molecular flexibility index (Phi) is 10.5. The zero-order valence-electron chi connectivity index (χ0n) is 47.3. The van der Waals surface area contributed by atoms with Gasteiger partial charge in [-0.15, -0.1) is 0 Å². The van der Waals surface area contributed by atoms with Crippen LogP contribution in [0.2, 0.25) is 0 Å². The Bertz CT molecular complexity index is 5160. The lowest BCUT2D eigenvalue weighted by Crippen LogP contribution is -2.13. The maximum absolute atomic E-state index is 5.86. The fourth-order valence-electron chi connectivity index (χ4n) is 14.9. The first-order chi connectivity index (χ1) is 42.6. The molecule has 2 aliphatic carbocycles. The first-order valence-electron chi connectivity index (χ1n) is 29.5. The number of nitrogens with zero attached hydrogens (tertiary/aromatic N) is 2. The maximum Gasteiger partial charge on any atom is 0.119 e. The van der Waals surface area contributed by atoms with Crippen molar-refractivity contribution < 1.29 is 9.47 Å². The molecule has 0 amide bonds. The molecule has 0 aromatic heterocycles. The summed E-state index contributed by atoms with van der Waals surface area (Å²) in [6.45, 7) is 0. The summed E-state index contributed by atoms with van der Waals surface area (Å²) in [7, 11) is 3.48. The van der Waals surface area contributed by atoms with Gasteiger partial charge in [0.1, 0.15) is 11.5 Å². The van der Waals surface area contributed by atoms with Crippen LogP contribution in [0.3, 0.4) is 0 Å². The molecule has 0 heterocycles. The molecule has 4 nitrogen and oxygen atoms in total. The standard InChI is InChI=1S/C82H52N2O2/c1-85-55-37-33-53(34-38-55)83(75-43-41-65-59-23-9-7-21-57(59)61-29-15-31-69(75)77(61)65)81-67-27-13-11-25-63(67)79(71-45-49-17-3-5-19-51(49)47-73(71)81)80-64-26-12-14-28-68(64)82(74-48-52-20-6-4-18-50(52)46-72(74)80)84(54-35-39-56(86-2)40-36-54)76-44-42-66-60-24-10-8-22-58(60)62-30-16-32-70(76)78(62)66/h3-48H,1-2H3. The molecule has 0 saturated carbocycles. The minimum Gasteiger partial charge on any atom is -0.497 e. The summed E-state index contributed by atoms with van der Waals surface area (Å²) >= 11 is 0. The van der Waals surface area contributed by atoms with Gasteiger partial charge in [-0.2, -0.15) is 0 Å². The van der Waals surface area contributed by atoms with Crippen molar-refractivity contribution in [2.45, 2.75) is 0 Å². The number of methoxy groups -OCH3 is 2. The van der Waals surface area contributed by atoms with Crippen LogP contribution in [0.4, 0.5) is 34.1 Å². The van der Waals surface area contributed by atoms with E-state index in [1.807, 2.05) is 0 Å². The molecule has 0 spiro atoms. The third kappa shape index (κ3) is 6.92. The molecule has 0 fully saturated rings. The Hall–Kier alpha value is -11.2. The Morgan fingerprint density at radius 1 is 0.233 bits per heavy atom. The summed E-state index contributed by atoms with van der Waals surface area (Å²) in [6.07, 6.45) is 0. The third-order valence-corrected chi connectivity index (χ3v) is 18.6. The van der Waals surface area contributed by atoms with Crippen molar-refractivity contribution >= 4 is 120 Å². The lowest BCUT2D eigenvalue weighted by Gasteiger charge is -2.32. The molecule has 0 radical (unpaired) electrons. The van der Waals surface area contributed by atoms with Gasteiger partial charge in [-0.25, -0.2) is 0 Å². The monoisotopic (exact) mass is 1100 g/mol. The molecule has 86 heavy (non-hydrogen) atoms. The van der Waals surface area contributed by atoms with Crippen LogP contribution in [0, 0.1) is 0 Å². The SMILES string of the molecule is COc1ccc(N(c2c3ccccc3c(-c3c4ccccc4c(N(c4ccc(OC)cc4)c4ccc5c6c(cccc46)-c4ccccc4-5)c4cc5ccccc5cc34)c3cc4ccccc4cc23)c2ccc3c4c(cccc24)-c2ccccc2-3)cc1. The average molecular weight is 1100 g/mol. The van der Waals surface area contributed by atoms with Crippen LogP contribution in [-0.4, -0.2) is 14.2 Å². The molecule has 18 rings (SSSR count). The normalized spacial score (nSPS) is 12.1. The molecule has 2 aliphatic rings. The smallest absolute Gasteiger partial charge is 0.119 e. The van der Waals surface area contributed by atoms with E-state index < -0.39 is 0 Å². The highest BCUT2D eigenvalue weighted by Gasteiger charge is 2.32. The summed E-state index contributed by atoms with van der Waals surface area (Å²) in [4.78, 5) is 5.06. The number of ether oxygens (including phenoxy) is 2. The first-order valence-corrected chi connectivity index (χ1v) is 29.5. The molecule has 16 aromatic carbocycles. The minimum absolute atomic E-state index is 0.806. The van der Waals surface area contributed by atoms with Gasteiger partial charge in [0.2, 0.25) is 0 Å². The molecule has 0 N–H and O–H groups in total. The van der Waals surface area contributed by atoms with Gasteiger partial charge in [0.25, 0.3) is 0 Å². The number of hydrogen-bond donors (Lipinski definition) is 0. The maximum atomic E-state index is 5.86. The Morgan fingerprint density at radius 2 is 0.535 bits per heavy atom. The van der Waals surface area contributed by atoms with Gasteiger partial charge in [-0.3, -0.25) is 0 Å². The van der Waals surface area contributed by atoms with E-state index >= 15 is 0 Å². The van der Waals surface area contributed by atoms with E-state index in [1.54, 1.807) is 14.2 Å². The van der Waals surface area contributed by atoms with Crippen LogP contribution in [0.5, 0.6) is 11.5 Å². The quantitative estimate of drug-likeness (QED) is 0.135. The van der Waals surface area contributed by atoms with Gasteiger partial charge in [0, 0.05) is 43.7 Å². The minimum atomic E-state index is 0.806. The molecule has 0 aliphatic heterocycles. The molecule has 0 saturated heterocycles. The largest absolute Gasteiger partial charge is 0.497 e. The molecular formula is C82H52N2O2. The van der Waals surface area contributed by atoms with Crippen molar-refractivity contribution in [1.82, 2.24) is 0 Å². The van der Waals surface area contributed by atoms with Crippen molar-refractivity contribution in [3.05, 3.63) is 279 Å². The fraction of sp³-hybridized carbons (Fsp3) is 0.0244. The van der Waals surface area contributed by atoms with Gasteiger partial charge in [0.15, 0.2) is 0 Å². The molecule has 16 aromatic rings. The summed E-state index contributed by atoms with van der Waals surface area (Å²) < 4.78 is 11.7. The van der Waals surface area contributed by atoms with Gasteiger partial charge < -0.3 is 19.3 Å². The van der Waals surface area contributed by atoms with Crippen molar-refractivity contribution in [2.75, 3.05) is 24.0 Å². The highest BCUT2D eigenvalue weighted by atomic mass is 16.5. The Labute approximate surface area is 497 Å². The number of benzene rings is 16. The van der Waals surface area contributed by atoms with Gasteiger partial charge in [-0.1, -0.05) is 194 Å². The van der Waals surface area contributed by atoms with E-state index in [2.05, 4.69) is 289 Å². The highest BCUT2D eigenvalue weighted by Crippen LogP contribution is 2.58. The average Bonchev–Trinajstić information content (AvgIpc) is 1.00. The van der Waals surface area contributed by atoms with Crippen LogP contribution in [0.25, 0.3) is 142 Å². The van der Waals surface area contributed by atoms with Crippen LogP contribution >= 0.6 is 0 Å². The second kappa shape index (κ2) is 18.7. The Morgan fingerprint density at radius 3 is 0.907 bits per heavy atom. The molecule has 0 unspecified atom stereocenters. The Balaban J connectivity index is 0.984. The lowest BCUT2D eigenvalue weighted by molar-refractivity contribution is 0.414. The number of hydrogen-bond acceptors (Lipinski definition) is 4. The first kappa shape index (κ1) is 48.3. The summed E-state index contributed by atoms with van der Waals surface area (Å²) in [5, 5.41) is 18.9. The molecule has 4 heteroatoms. The number of rotatable bonds is 9. The van der Waals surface area contributed by atoms with E-state index in [-0.39, 0.29) is 0 Å². The molecule has 0 bridgehead atoms. The summed E-state index contributed by atoms with van der Waals surface area (Å²) in [5.74, 6) is 1.61. The molecule has 402 valence electrons. The van der Waals surface area contributed by atoms with Crippen LogP contribution < -0.4 is 19.3 Å².